The van der Waals surface area contributed by atoms with Crippen LogP contribution in [0.5, 0.6) is 0 Å². The van der Waals surface area contributed by atoms with Gasteiger partial charge in [-0.25, -0.2) is 4.98 Å². The minimum Gasteiger partial charge on any atom is -0.381 e. The van der Waals surface area contributed by atoms with Gasteiger partial charge in [-0.3, -0.25) is 0 Å². The average molecular weight is 244 g/mol. The molecule has 0 bridgehead atoms. The Bertz CT molecular complexity index is 358. The van der Waals surface area contributed by atoms with E-state index in [4.69, 9.17) is 22.1 Å². The van der Waals surface area contributed by atoms with Crippen molar-refractivity contribution in [2.24, 2.45) is 12.8 Å². The van der Waals surface area contributed by atoms with Crippen molar-refractivity contribution in [1.82, 2.24) is 9.55 Å². The van der Waals surface area contributed by atoms with E-state index in [2.05, 4.69) is 4.98 Å². The lowest BCUT2D eigenvalue weighted by Crippen LogP contribution is -2.14. The van der Waals surface area contributed by atoms with Crippen molar-refractivity contribution in [3.05, 3.63) is 16.7 Å². The molecule has 4 nitrogen and oxygen atoms in total. The molecule has 2 N–H and O–H groups in total. The van der Waals surface area contributed by atoms with Crippen LogP contribution in [0.4, 0.5) is 0 Å². The molecule has 16 heavy (non-hydrogen) atoms. The third kappa shape index (κ3) is 2.24. The van der Waals surface area contributed by atoms with Crippen molar-refractivity contribution in [3.8, 4) is 0 Å². The number of nitrogens with two attached hydrogens (primary N) is 1. The van der Waals surface area contributed by atoms with Crippen molar-refractivity contribution in [2.45, 2.75) is 25.2 Å². The van der Waals surface area contributed by atoms with E-state index in [1.807, 2.05) is 11.6 Å². The second kappa shape index (κ2) is 5.17. The molecule has 1 aliphatic rings. The summed E-state index contributed by atoms with van der Waals surface area (Å²) < 4.78 is 7.29. The van der Waals surface area contributed by atoms with Crippen molar-refractivity contribution < 1.29 is 4.74 Å². The summed E-state index contributed by atoms with van der Waals surface area (Å²) in [6.07, 6.45) is 2.80. The van der Waals surface area contributed by atoms with Gasteiger partial charge in [0.1, 0.15) is 11.0 Å². The minimum absolute atomic E-state index is 0.443. The monoisotopic (exact) mass is 243 g/mol. The second-order valence-corrected chi connectivity index (χ2v) is 4.55. The molecule has 1 aromatic rings. The largest absolute Gasteiger partial charge is 0.381 e. The van der Waals surface area contributed by atoms with E-state index in [1.54, 1.807) is 0 Å². The first-order valence-corrected chi connectivity index (χ1v) is 6.10. The highest BCUT2D eigenvalue weighted by Crippen LogP contribution is 2.31. The summed E-state index contributed by atoms with van der Waals surface area (Å²) in [6, 6.07) is 0. The summed E-state index contributed by atoms with van der Waals surface area (Å²) in [7, 11) is 1.95. The Kier molecular flexibility index (Phi) is 3.84. The maximum absolute atomic E-state index is 6.30. The van der Waals surface area contributed by atoms with Crippen LogP contribution in [0.25, 0.3) is 0 Å². The molecule has 1 aliphatic heterocycles. The predicted octanol–water partition coefficient (Wildman–Crippen LogP) is 1.47. The first-order valence-electron chi connectivity index (χ1n) is 5.72. The molecule has 0 spiro atoms. The smallest absolute Gasteiger partial charge is 0.132 e. The van der Waals surface area contributed by atoms with Crippen molar-refractivity contribution in [1.29, 1.82) is 0 Å². The molecule has 0 saturated carbocycles. The molecular formula is C11H18ClN3O. The minimum atomic E-state index is 0.443. The Hall–Kier alpha value is -0.580. The van der Waals surface area contributed by atoms with Gasteiger partial charge in [-0.1, -0.05) is 11.6 Å². The molecule has 2 heterocycles. The molecule has 0 radical (unpaired) electrons. The molecule has 1 saturated heterocycles. The number of aromatic nitrogens is 2. The van der Waals surface area contributed by atoms with Crippen LogP contribution in [0.1, 0.15) is 30.3 Å². The first kappa shape index (κ1) is 11.9. The van der Waals surface area contributed by atoms with E-state index < -0.39 is 0 Å². The molecule has 0 atom stereocenters. The molecule has 2 rings (SSSR count). The Balaban J connectivity index is 2.22. The molecule has 1 fully saturated rings. The van der Waals surface area contributed by atoms with Gasteiger partial charge in [0.05, 0.1) is 5.69 Å². The highest BCUT2D eigenvalue weighted by Gasteiger charge is 2.23. The highest BCUT2D eigenvalue weighted by atomic mass is 35.5. The third-order valence-electron chi connectivity index (χ3n) is 3.12. The molecule has 1 aromatic heterocycles. The van der Waals surface area contributed by atoms with E-state index >= 15 is 0 Å². The highest BCUT2D eigenvalue weighted by molar-refractivity contribution is 6.30. The van der Waals surface area contributed by atoms with Crippen LogP contribution in [0.2, 0.25) is 5.15 Å². The van der Waals surface area contributed by atoms with Crippen LogP contribution in [-0.4, -0.2) is 29.3 Å². The van der Waals surface area contributed by atoms with Gasteiger partial charge >= 0.3 is 0 Å². The summed E-state index contributed by atoms with van der Waals surface area (Å²) >= 11 is 6.30. The van der Waals surface area contributed by atoms with Crippen LogP contribution in [0, 0.1) is 0 Å². The van der Waals surface area contributed by atoms with E-state index in [0.717, 1.165) is 49.1 Å². The molecule has 5 heteroatoms. The second-order valence-electron chi connectivity index (χ2n) is 4.19. The number of hydrogen-bond donors (Lipinski definition) is 1. The fraction of sp³-hybridized carbons (Fsp3) is 0.727. The average Bonchev–Trinajstić information content (AvgIpc) is 2.59. The maximum Gasteiger partial charge on any atom is 0.132 e. The summed E-state index contributed by atoms with van der Waals surface area (Å²) in [5.41, 5.74) is 6.57. The van der Waals surface area contributed by atoms with Gasteiger partial charge in [-0.05, 0) is 19.4 Å². The lowest BCUT2D eigenvalue weighted by atomic mass is 9.97. The lowest BCUT2D eigenvalue weighted by molar-refractivity contribution is 0.0846. The van der Waals surface area contributed by atoms with E-state index in [9.17, 15) is 0 Å². The topological polar surface area (TPSA) is 53.1 Å². The number of ether oxygens (including phenoxy) is 1. The van der Waals surface area contributed by atoms with Gasteiger partial charge in [0.2, 0.25) is 0 Å². The van der Waals surface area contributed by atoms with E-state index in [0.29, 0.717) is 12.5 Å². The van der Waals surface area contributed by atoms with E-state index in [1.165, 1.54) is 0 Å². The first-order chi connectivity index (χ1) is 7.74. The third-order valence-corrected chi connectivity index (χ3v) is 3.57. The van der Waals surface area contributed by atoms with Crippen LogP contribution >= 0.6 is 11.6 Å². The molecule has 0 amide bonds. The molecule has 0 aliphatic carbocycles. The van der Waals surface area contributed by atoms with Crippen LogP contribution < -0.4 is 5.73 Å². The predicted molar refractivity (Wildman–Crippen MR) is 63.8 cm³/mol. The number of rotatable bonds is 3. The van der Waals surface area contributed by atoms with Crippen molar-refractivity contribution in [2.75, 3.05) is 19.8 Å². The van der Waals surface area contributed by atoms with Gasteiger partial charge in [0.25, 0.3) is 0 Å². The summed E-state index contributed by atoms with van der Waals surface area (Å²) in [5.74, 6) is 1.42. The Labute approximate surface area is 101 Å². The molecular weight excluding hydrogens is 226 g/mol. The zero-order valence-electron chi connectivity index (χ0n) is 9.58. The van der Waals surface area contributed by atoms with Crippen LogP contribution in [-0.2, 0) is 18.2 Å². The quantitative estimate of drug-likeness (QED) is 0.875. The fourth-order valence-electron chi connectivity index (χ4n) is 2.13. The summed E-state index contributed by atoms with van der Waals surface area (Å²) in [4.78, 5) is 4.62. The number of imidazole rings is 1. The number of hydrogen-bond acceptors (Lipinski definition) is 3. The Morgan fingerprint density at radius 1 is 1.50 bits per heavy atom. The van der Waals surface area contributed by atoms with Crippen molar-refractivity contribution in [3.63, 3.8) is 0 Å². The van der Waals surface area contributed by atoms with Crippen LogP contribution in [0.15, 0.2) is 0 Å². The summed E-state index contributed by atoms with van der Waals surface area (Å²) in [5, 5.41) is 0.760. The number of halogens is 1. The maximum atomic E-state index is 6.30. The summed E-state index contributed by atoms with van der Waals surface area (Å²) in [6.45, 7) is 2.22. The molecule has 0 aromatic carbocycles. The molecule has 90 valence electrons. The fourth-order valence-corrected chi connectivity index (χ4v) is 2.42. The lowest BCUT2D eigenvalue weighted by Gasteiger charge is -2.20. The van der Waals surface area contributed by atoms with E-state index in [-0.39, 0.29) is 0 Å². The normalized spacial score (nSPS) is 17.9. The van der Waals surface area contributed by atoms with Crippen molar-refractivity contribution >= 4 is 11.6 Å². The number of nitrogens with zero attached hydrogens (tertiary/aromatic N) is 2. The van der Waals surface area contributed by atoms with Gasteiger partial charge in [-0.15, -0.1) is 0 Å². The van der Waals surface area contributed by atoms with Crippen LogP contribution in [0.3, 0.4) is 0 Å². The van der Waals surface area contributed by atoms with Gasteiger partial charge < -0.3 is 15.0 Å². The Morgan fingerprint density at radius 2 is 2.19 bits per heavy atom. The van der Waals surface area contributed by atoms with Gasteiger partial charge in [-0.2, -0.15) is 0 Å². The SMILES string of the molecule is Cn1c(CCN)nc(C2CCOCC2)c1Cl. The zero-order chi connectivity index (χ0) is 11.5. The van der Waals surface area contributed by atoms with Gasteiger partial charge in [0.15, 0.2) is 0 Å². The zero-order valence-corrected chi connectivity index (χ0v) is 10.3. The molecule has 0 unspecified atom stereocenters. The standard InChI is InChI=1S/C11H18ClN3O/c1-15-9(2-5-13)14-10(11(15)12)8-3-6-16-7-4-8/h8H,2-7,13H2,1H3. The van der Waals surface area contributed by atoms with Gasteiger partial charge in [0, 0.05) is 32.6 Å². The Morgan fingerprint density at radius 3 is 2.81 bits per heavy atom.